The highest BCUT2D eigenvalue weighted by Crippen LogP contribution is 2.30. The first-order valence-corrected chi connectivity index (χ1v) is 9.77. The first-order valence-electron chi connectivity index (χ1n) is 8.33. The van der Waals surface area contributed by atoms with Crippen LogP contribution in [0.1, 0.15) is 23.1 Å². The Morgan fingerprint density at radius 2 is 1.85 bits per heavy atom. The molecule has 0 radical (unpaired) electrons. The fourth-order valence-electron chi connectivity index (χ4n) is 2.97. The summed E-state index contributed by atoms with van der Waals surface area (Å²) in [6.07, 6.45) is 3.25. The number of hydrogen-bond acceptors (Lipinski definition) is 4. The van der Waals surface area contributed by atoms with Crippen molar-refractivity contribution in [1.82, 2.24) is 3.97 Å². The van der Waals surface area contributed by atoms with Gasteiger partial charge in [-0.2, -0.15) is 0 Å². The van der Waals surface area contributed by atoms with Crippen LogP contribution in [-0.2, 0) is 21.2 Å². The van der Waals surface area contributed by atoms with Crippen LogP contribution in [0.5, 0.6) is 5.75 Å². The maximum Gasteiger partial charge on any atom is 0.268 e. The van der Waals surface area contributed by atoms with Gasteiger partial charge in [-0.1, -0.05) is 6.07 Å². The van der Waals surface area contributed by atoms with Gasteiger partial charge in [0, 0.05) is 18.0 Å². The molecule has 3 rings (SSSR count). The molecule has 0 spiro atoms. The number of hydrogen-bond donors (Lipinski definition) is 0. The van der Waals surface area contributed by atoms with Crippen LogP contribution in [-0.4, -0.2) is 25.8 Å². The predicted molar refractivity (Wildman–Crippen MR) is 101 cm³/mol. The average molecular weight is 371 g/mol. The lowest BCUT2D eigenvalue weighted by Crippen LogP contribution is -2.12. The molecule has 0 amide bonds. The van der Waals surface area contributed by atoms with E-state index in [-0.39, 0.29) is 4.90 Å². The summed E-state index contributed by atoms with van der Waals surface area (Å²) in [4.78, 5) is 11.0. The first-order chi connectivity index (χ1) is 12.4. The first kappa shape index (κ1) is 18.2. The Bertz CT molecular complexity index is 1080. The van der Waals surface area contributed by atoms with Crippen LogP contribution in [0.2, 0.25) is 0 Å². The minimum Gasteiger partial charge on any atom is -0.497 e. The van der Waals surface area contributed by atoms with Crippen LogP contribution < -0.4 is 4.74 Å². The topological polar surface area (TPSA) is 65.4 Å². The Labute approximate surface area is 153 Å². The van der Waals surface area contributed by atoms with Crippen LogP contribution in [0, 0.1) is 13.8 Å². The molecule has 5 nitrogen and oxygen atoms in total. The van der Waals surface area contributed by atoms with Gasteiger partial charge in [0.15, 0.2) is 0 Å². The molecule has 0 fully saturated rings. The molecule has 3 aromatic rings. The summed E-state index contributed by atoms with van der Waals surface area (Å²) in [5.41, 5.74) is 3.34. The molecule has 6 heteroatoms. The summed E-state index contributed by atoms with van der Waals surface area (Å²) in [5, 5.41) is 0.776. The van der Waals surface area contributed by atoms with Crippen LogP contribution in [0.15, 0.2) is 47.5 Å². The van der Waals surface area contributed by atoms with E-state index in [1.165, 1.54) is 3.97 Å². The van der Waals surface area contributed by atoms with E-state index < -0.39 is 10.0 Å². The van der Waals surface area contributed by atoms with Gasteiger partial charge in [-0.15, -0.1) is 0 Å². The van der Waals surface area contributed by atoms with Gasteiger partial charge in [-0.05, 0) is 67.3 Å². The third-order valence-electron chi connectivity index (χ3n) is 4.63. The number of methoxy groups -OCH3 is 1. The molecule has 1 aromatic heterocycles. The van der Waals surface area contributed by atoms with Gasteiger partial charge in [0.25, 0.3) is 10.0 Å². The van der Waals surface area contributed by atoms with Crippen molar-refractivity contribution in [2.24, 2.45) is 0 Å². The second-order valence-corrected chi connectivity index (χ2v) is 8.10. The molecule has 26 heavy (non-hydrogen) atoms. The van der Waals surface area contributed by atoms with Gasteiger partial charge >= 0.3 is 0 Å². The number of nitrogens with zero attached hydrogens (tertiary/aromatic N) is 1. The summed E-state index contributed by atoms with van der Waals surface area (Å²) in [6.45, 7) is 3.84. The molecule has 0 saturated carbocycles. The van der Waals surface area contributed by atoms with Crippen molar-refractivity contribution < 1.29 is 17.9 Å². The minimum atomic E-state index is -3.74. The summed E-state index contributed by atoms with van der Waals surface area (Å²) in [5.74, 6) is 0.645. The van der Waals surface area contributed by atoms with Gasteiger partial charge in [-0.25, -0.2) is 12.4 Å². The van der Waals surface area contributed by atoms with E-state index in [2.05, 4.69) is 0 Å². The monoisotopic (exact) mass is 371 g/mol. The maximum absolute atomic E-state index is 13.2. The van der Waals surface area contributed by atoms with E-state index in [9.17, 15) is 13.2 Å². The molecule has 2 aromatic carbocycles. The van der Waals surface area contributed by atoms with Crippen molar-refractivity contribution in [3.8, 4) is 5.75 Å². The third-order valence-corrected chi connectivity index (χ3v) is 6.30. The van der Waals surface area contributed by atoms with Crippen molar-refractivity contribution in [3.63, 3.8) is 0 Å². The molecular weight excluding hydrogens is 350 g/mol. The lowest BCUT2D eigenvalue weighted by molar-refractivity contribution is -0.107. The van der Waals surface area contributed by atoms with Crippen molar-refractivity contribution in [2.45, 2.75) is 31.6 Å². The molecule has 136 valence electrons. The number of ether oxygens (including phenoxy) is 1. The van der Waals surface area contributed by atoms with Gasteiger partial charge in [-0.3, -0.25) is 0 Å². The number of carbonyl (C=O) groups excluding carboxylic acids is 1. The number of aryl methyl sites for hydroxylation is 3. The standard InChI is InChI=1S/C20H21NO4S/c1-14-6-8-18(11-15(14)2)26(23,24)21-13-16(5-4-10-22)19-12-17(25-3)7-9-20(19)21/h6-13H,4-5H2,1-3H3. The van der Waals surface area contributed by atoms with E-state index >= 15 is 0 Å². The van der Waals surface area contributed by atoms with Crippen LogP contribution >= 0.6 is 0 Å². The second-order valence-electron chi connectivity index (χ2n) is 6.29. The summed E-state index contributed by atoms with van der Waals surface area (Å²) in [6, 6.07) is 10.4. The van der Waals surface area contributed by atoms with Crippen LogP contribution in [0.4, 0.5) is 0 Å². The fraction of sp³-hybridized carbons (Fsp3) is 0.250. The Balaban J connectivity index is 2.22. The van der Waals surface area contributed by atoms with E-state index in [1.54, 1.807) is 37.6 Å². The number of carbonyl (C=O) groups is 1. The number of aromatic nitrogens is 1. The van der Waals surface area contributed by atoms with Gasteiger partial charge < -0.3 is 9.53 Å². The Hall–Kier alpha value is -2.60. The van der Waals surface area contributed by atoms with Crippen molar-refractivity contribution >= 4 is 27.2 Å². The SMILES string of the molecule is COc1ccc2c(c1)c(CCC=O)cn2S(=O)(=O)c1ccc(C)c(C)c1. The van der Waals surface area contributed by atoms with E-state index in [0.29, 0.717) is 24.1 Å². The van der Waals surface area contributed by atoms with Crippen molar-refractivity contribution in [1.29, 1.82) is 0 Å². The molecule has 1 heterocycles. The van der Waals surface area contributed by atoms with Gasteiger partial charge in [0.05, 0.1) is 17.5 Å². The van der Waals surface area contributed by atoms with Gasteiger partial charge in [0.2, 0.25) is 0 Å². The summed E-state index contributed by atoms with van der Waals surface area (Å²) >= 11 is 0. The average Bonchev–Trinajstić information content (AvgIpc) is 3.00. The minimum absolute atomic E-state index is 0.246. The molecule has 0 N–H and O–H groups in total. The number of aldehydes is 1. The lowest BCUT2D eigenvalue weighted by atomic mass is 10.1. The Morgan fingerprint density at radius 3 is 2.50 bits per heavy atom. The number of fused-ring (bicyclic) bond motifs is 1. The zero-order valence-corrected chi connectivity index (χ0v) is 15.8. The van der Waals surface area contributed by atoms with Crippen LogP contribution in [0.25, 0.3) is 10.9 Å². The Morgan fingerprint density at radius 1 is 1.08 bits per heavy atom. The number of benzene rings is 2. The van der Waals surface area contributed by atoms with Crippen molar-refractivity contribution in [3.05, 3.63) is 59.3 Å². The largest absolute Gasteiger partial charge is 0.497 e. The molecule has 0 aliphatic rings. The molecule has 0 aliphatic heterocycles. The van der Waals surface area contributed by atoms with Crippen LogP contribution in [0.3, 0.4) is 0 Å². The maximum atomic E-state index is 13.2. The smallest absolute Gasteiger partial charge is 0.268 e. The second kappa shape index (κ2) is 6.96. The quantitative estimate of drug-likeness (QED) is 0.621. The molecular formula is C20H21NO4S. The zero-order chi connectivity index (χ0) is 18.9. The Kier molecular flexibility index (Phi) is 4.87. The molecule has 0 aliphatic carbocycles. The molecule has 0 atom stereocenters. The highest BCUT2D eigenvalue weighted by molar-refractivity contribution is 7.90. The molecule has 0 bridgehead atoms. The normalized spacial score (nSPS) is 11.7. The predicted octanol–water partition coefficient (Wildman–Crippen LogP) is 3.64. The van der Waals surface area contributed by atoms with E-state index in [4.69, 9.17) is 4.74 Å². The zero-order valence-electron chi connectivity index (χ0n) is 15.0. The van der Waals surface area contributed by atoms with E-state index in [0.717, 1.165) is 28.4 Å². The highest BCUT2D eigenvalue weighted by Gasteiger charge is 2.22. The molecule has 0 unspecified atom stereocenters. The van der Waals surface area contributed by atoms with Gasteiger partial charge in [0.1, 0.15) is 12.0 Å². The fourth-order valence-corrected chi connectivity index (χ4v) is 4.45. The summed E-state index contributed by atoms with van der Waals surface area (Å²) < 4.78 is 33.0. The number of rotatable bonds is 6. The lowest BCUT2D eigenvalue weighted by Gasteiger charge is -2.10. The highest BCUT2D eigenvalue weighted by atomic mass is 32.2. The third kappa shape index (κ3) is 3.12. The van der Waals surface area contributed by atoms with Crippen molar-refractivity contribution in [2.75, 3.05) is 7.11 Å². The molecule has 0 saturated heterocycles. The summed E-state index contributed by atoms with van der Waals surface area (Å²) in [7, 11) is -2.18. The van der Waals surface area contributed by atoms with E-state index in [1.807, 2.05) is 26.0 Å².